The van der Waals surface area contributed by atoms with E-state index in [9.17, 15) is 5.11 Å². The summed E-state index contributed by atoms with van der Waals surface area (Å²) in [5, 5.41) is 11.6. The van der Waals surface area contributed by atoms with E-state index in [2.05, 4.69) is 25.8 Å². The minimum Gasteiger partial charge on any atom is -0.508 e. The Morgan fingerprint density at radius 3 is 2.95 bits per heavy atom. The molecule has 5 heteroatoms. The summed E-state index contributed by atoms with van der Waals surface area (Å²) in [4.78, 5) is 6.70. The number of aromatic nitrogens is 1. The molecule has 0 aliphatic heterocycles. The zero-order valence-corrected chi connectivity index (χ0v) is 12.6. The number of phenols is 1. The number of fused-ring (bicyclic) bond motifs is 1. The third-order valence-corrected chi connectivity index (χ3v) is 3.46. The highest BCUT2D eigenvalue weighted by Gasteiger charge is 2.12. The first kappa shape index (κ1) is 14.1. The second-order valence-corrected chi connectivity index (χ2v) is 5.77. The van der Waals surface area contributed by atoms with Crippen LogP contribution in [0, 0.1) is 0 Å². The molecule has 0 saturated heterocycles. The van der Waals surface area contributed by atoms with Gasteiger partial charge in [0.15, 0.2) is 0 Å². The van der Waals surface area contributed by atoms with Gasteiger partial charge in [-0.25, -0.2) is 4.98 Å². The van der Waals surface area contributed by atoms with Crippen molar-refractivity contribution in [1.82, 2.24) is 4.98 Å². The Morgan fingerprint density at radius 2 is 2.21 bits per heavy atom. The van der Waals surface area contributed by atoms with Crippen molar-refractivity contribution in [3.63, 3.8) is 0 Å². The zero-order valence-electron chi connectivity index (χ0n) is 11.0. The second-order valence-electron chi connectivity index (χ2n) is 4.47. The number of phenolic OH excluding ortho intramolecular Hbond substituents is 1. The van der Waals surface area contributed by atoms with Crippen LogP contribution in [0.2, 0.25) is 0 Å². The van der Waals surface area contributed by atoms with Gasteiger partial charge in [0.05, 0.1) is 11.4 Å². The Kier molecular flexibility index (Phi) is 4.61. The van der Waals surface area contributed by atoms with Crippen LogP contribution in [0.3, 0.4) is 0 Å². The van der Waals surface area contributed by atoms with E-state index in [1.54, 1.807) is 25.4 Å². The van der Waals surface area contributed by atoms with Crippen LogP contribution in [-0.4, -0.2) is 42.2 Å². The number of anilines is 1. The molecule has 0 amide bonds. The fourth-order valence-electron chi connectivity index (χ4n) is 2.06. The van der Waals surface area contributed by atoms with Gasteiger partial charge < -0.3 is 14.7 Å². The Bertz CT molecular complexity index is 562. The van der Waals surface area contributed by atoms with Crippen molar-refractivity contribution >= 4 is 32.5 Å². The first-order chi connectivity index (χ1) is 9.11. The van der Waals surface area contributed by atoms with Crippen LogP contribution in [0.4, 0.5) is 5.82 Å². The molecule has 0 bridgehead atoms. The number of nitrogens with zero attached hydrogens (tertiary/aromatic N) is 2. The molecular weight excluding hydrogens is 308 g/mol. The number of alkyl halides is 1. The van der Waals surface area contributed by atoms with Gasteiger partial charge >= 0.3 is 0 Å². The summed E-state index contributed by atoms with van der Waals surface area (Å²) in [6.45, 7) is 1.41. The lowest BCUT2D eigenvalue weighted by atomic mass is 10.1. The number of hydrogen-bond acceptors (Lipinski definition) is 4. The molecular formula is C14H17BrN2O2. The Hall–Kier alpha value is -1.33. The van der Waals surface area contributed by atoms with Crippen molar-refractivity contribution < 1.29 is 9.84 Å². The molecule has 1 heterocycles. The highest BCUT2D eigenvalue weighted by molar-refractivity contribution is 9.09. The van der Waals surface area contributed by atoms with Gasteiger partial charge in [-0.2, -0.15) is 0 Å². The third kappa shape index (κ3) is 3.36. The smallest absolute Gasteiger partial charge is 0.136 e. The lowest BCUT2D eigenvalue weighted by Gasteiger charge is -2.22. The molecule has 19 heavy (non-hydrogen) atoms. The van der Waals surface area contributed by atoms with Crippen LogP contribution in [0.25, 0.3) is 10.8 Å². The van der Waals surface area contributed by atoms with Crippen molar-refractivity contribution in [3.05, 3.63) is 30.5 Å². The number of hydrogen-bond donors (Lipinski definition) is 1. The van der Waals surface area contributed by atoms with Crippen LogP contribution in [-0.2, 0) is 4.74 Å². The maximum Gasteiger partial charge on any atom is 0.136 e. The van der Waals surface area contributed by atoms with Gasteiger partial charge in [-0.1, -0.05) is 22.0 Å². The number of pyridine rings is 1. The van der Waals surface area contributed by atoms with Gasteiger partial charge in [0.1, 0.15) is 11.6 Å². The number of methoxy groups -OCH3 is 1. The number of halogens is 1. The van der Waals surface area contributed by atoms with Gasteiger partial charge in [-0.15, -0.1) is 0 Å². The van der Waals surface area contributed by atoms with Crippen LogP contribution in [0.5, 0.6) is 5.75 Å². The average Bonchev–Trinajstić information content (AvgIpc) is 2.38. The molecule has 102 valence electrons. The van der Waals surface area contributed by atoms with Crippen molar-refractivity contribution in [2.45, 2.75) is 4.83 Å². The summed E-state index contributed by atoms with van der Waals surface area (Å²) in [5.41, 5.74) is 0. The monoisotopic (exact) mass is 324 g/mol. The summed E-state index contributed by atoms with van der Waals surface area (Å²) in [6.07, 6.45) is 1.78. The highest BCUT2D eigenvalue weighted by Crippen LogP contribution is 2.27. The van der Waals surface area contributed by atoms with Crippen molar-refractivity contribution in [2.75, 3.05) is 32.2 Å². The highest BCUT2D eigenvalue weighted by atomic mass is 79.9. The standard InChI is InChI=1S/C14H17BrN2O2/c1-17(8-11(15)9-19-2)14-13-7-12(18)4-3-10(13)5-6-16-14/h3-7,11,18H,8-9H2,1-2H3. The quantitative estimate of drug-likeness (QED) is 0.859. The van der Waals surface area contributed by atoms with Crippen molar-refractivity contribution in [3.8, 4) is 5.75 Å². The first-order valence-corrected chi connectivity index (χ1v) is 6.95. The topological polar surface area (TPSA) is 45.6 Å². The van der Waals surface area contributed by atoms with E-state index in [1.165, 1.54) is 0 Å². The van der Waals surface area contributed by atoms with Crippen LogP contribution in [0.1, 0.15) is 0 Å². The van der Waals surface area contributed by atoms with Gasteiger partial charge in [0.2, 0.25) is 0 Å². The molecule has 1 N–H and O–H groups in total. The first-order valence-electron chi connectivity index (χ1n) is 6.03. The van der Waals surface area contributed by atoms with Gasteiger partial charge in [-0.05, 0) is 23.6 Å². The molecule has 2 aromatic rings. The van der Waals surface area contributed by atoms with E-state index in [1.807, 2.05) is 19.2 Å². The Balaban J connectivity index is 2.31. The molecule has 0 aliphatic carbocycles. The maximum atomic E-state index is 9.63. The Morgan fingerprint density at radius 1 is 1.42 bits per heavy atom. The van der Waals surface area contributed by atoms with Gasteiger partial charge in [0, 0.05) is 32.3 Å². The number of rotatable bonds is 5. The average molecular weight is 325 g/mol. The fourth-order valence-corrected chi connectivity index (χ4v) is 2.76. The van der Waals surface area contributed by atoms with E-state index in [4.69, 9.17) is 4.74 Å². The fraction of sp³-hybridized carbons (Fsp3) is 0.357. The summed E-state index contributed by atoms with van der Waals surface area (Å²) in [5.74, 6) is 1.11. The summed E-state index contributed by atoms with van der Waals surface area (Å²) < 4.78 is 5.11. The molecule has 0 fully saturated rings. The van der Waals surface area contributed by atoms with E-state index in [0.29, 0.717) is 6.61 Å². The number of benzene rings is 1. The van der Waals surface area contributed by atoms with E-state index in [0.717, 1.165) is 23.1 Å². The molecule has 1 unspecified atom stereocenters. The van der Waals surface area contributed by atoms with Gasteiger partial charge in [-0.3, -0.25) is 0 Å². The molecule has 0 spiro atoms. The molecule has 0 radical (unpaired) electrons. The van der Waals surface area contributed by atoms with Crippen molar-refractivity contribution in [2.24, 2.45) is 0 Å². The van der Waals surface area contributed by atoms with Gasteiger partial charge in [0.25, 0.3) is 0 Å². The summed E-state index contributed by atoms with van der Waals surface area (Å²) in [6, 6.07) is 7.26. The predicted molar refractivity (Wildman–Crippen MR) is 81.3 cm³/mol. The summed E-state index contributed by atoms with van der Waals surface area (Å²) >= 11 is 3.57. The maximum absolute atomic E-state index is 9.63. The SMILES string of the molecule is COCC(Br)CN(C)c1nccc2ccc(O)cc12. The molecule has 0 saturated carbocycles. The minimum absolute atomic E-state index is 0.233. The van der Waals surface area contributed by atoms with Crippen molar-refractivity contribution in [1.29, 1.82) is 0 Å². The zero-order chi connectivity index (χ0) is 13.8. The predicted octanol–water partition coefficient (Wildman–Crippen LogP) is 2.79. The second kappa shape index (κ2) is 6.21. The number of ether oxygens (including phenoxy) is 1. The molecule has 4 nitrogen and oxygen atoms in total. The lowest BCUT2D eigenvalue weighted by Crippen LogP contribution is -2.28. The largest absolute Gasteiger partial charge is 0.508 e. The molecule has 2 rings (SSSR count). The molecule has 0 aliphatic rings. The normalized spacial score (nSPS) is 12.6. The van der Waals surface area contributed by atoms with Crippen LogP contribution >= 0.6 is 15.9 Å². The minimum atomic E-state index is 0.233. The third-order valence-electron chi connectivity index (χ3n) is 2.91. The number of aromatic hydroxyl groups is 1. The van der Waals surface area contributed by atoms with Crippen LogP contribution < -0.4 is 4.90 Å². The lowest BCUT2D eigenvalue weighted by molar-refractivity contribution is 0.201. The Labute approximate surface area is 121 Å². The molecule has 1 aromatic carbocycles. The van der Waals surface area contributed by atoms with Crippen LogP contribution in [0.15, 0.2) is 30.5 Å². The summed E-state index contributed by atoms with van der Waals surface area (Å²) in [7, 11) is 3.66. The van der Waals surface area contributed by atoms with E-state index in [-0.39, 0.29) is 10.6 Å². The van der Waals surface area contributed by atoms with E-state index < -0.39 is 0 Å². The van der Waals surface area contributed by atoms with E-state index >= 15 is 0 Å². The molecule has 1 aromatic heterocycles. The molecule has 1 atom stereocenters.